The molecule has 134 valence electrons. The second-order valence-electron chi connectivity index (χ2n) is 5.45. The molecule has 0 saturated heterocycles. The van der Waals surface area contributed by atoms with Gasteiger partial charge in [0.1, 0.15) is 18.2 Å². The fourth-order valence-corrected chi connectivity index (χ4v) is 2.45. The lowest BCUT2D eigenvalue weighted by molar-refractivity contribution is -0.119. The first kappa shape index (κ1) is 17.5. The maximum atomic E-state index is 13.0. The normalized spacial score (nSPS) is 10.7. The van der Waals surface area contributed by atoms with Crippen LogP contribution < -0.4 is 10.7 Å². The molecule has 0 spiro atoms. The van der Waals surface area contributed by atoms with E-state index in [-0.39, 0.29) is 12.4 Å². The van der Waals surface area contributed by atoms with Crippen LogP contribution in [0.4, 0.5) is 14.5 Å². The molecule has 1 aromatic heterocycles. The van der Waals surface area contributed by atoms with E-state index in [1.807, 2.05) is 0 Å². The van der Waals surface area contributed by atoms with Gasteiger partial charge in [0.15, 0.2) is 0 Å². The van der Waals surface area contributed by atoms with E-state index in [0.717, 1.165) is 4.68 Å². The number of halogens is 2. The Bertz CT molecular complexity index is 963. The summed E-state index contributed by atoms with van der Waals surface area (Å²) in [5, 5.41) is 3.98. The van der Waals surface area contributed by atoms with Crippen molar-refractivity contribution >= 4 is 11.6 Å². The Labute approximate surface area is 147 Å². The molecule has 0 bridgehead atoms. The van der Waals surface area contributed by atoms with Gasteiger partial charge in [0, 0.05) is 17.8 Å². The van der Waals surface area contributed by atoms with Gasteiger partial charge in [-0.2, -0.15) is 4.68 Å². The van der Waals surface area contributed by atoms with Crippen LogP contribution in [0.1, 0.15) is 6.92 Å². The summed E-state index contributed by atoms with van der Waals surface area (Å²) in [7, 11) is 0. The van der Waals surface area contributed by atoms with E-state index < -0.39 is 23.3 Å². The van der Waals surface area contributed by atoms with Crippen LogP contribution in [0.2, 0.25) is 0 Å². The molecule has 0 unspecified atom stereocenters. The quantitative estimate of drug-likeness (QED) is 0.703. The number of benzene rings is 2. The SMILES string of the molecule is CCN(C(=O)Cn1nc(-c2ccc(F)cc2)oc1=O)c1ccc(F)cc1. The number of hydrogen-bond acceptors (Lipinski definition) is 4. The standard InChI is InChI=1S/C18H15F2N3O3/c1-2-22(15-9-7-14(20)8-10-15)16(24)11-23-18(25)26-17(21-23)12-3-5-13(19)6-4-12/h3-10H,2,11H2,1H3. The van der Waals surface area contributed by atoms with Crippen molar-refractivity contribution in [1.29, 1.82) is 0 Å². The number of aromatic nitrogens is 2. The van der Waals surface area contributed by atoms with Crippen LogP contribution in [0.25, 0.3) is 11.5 Å². The molecule has 26 heavy (non-hydrogen) atoms. The van der Waals surface area contributed by atoms with Crippen molar-refractivity contribution in [2.45, 2.75) is 13.5 Å². The highest BCUT2D eigenvalue weighted by Gasteiger charge is 2.18. The molecule has 1 heterocycles. The molecule has 6 nitrogen and oxygen atoms in total. The van der Waals surface area contributed by atoms with Crippen molar-refractivity contribution in [3.8, 4) is 11.5 Å². The molecular formula is C18H15F2N3O3. The van der Waals surface area contributed by atoms with Crippen LogP contribution in [0.5, 0.6) is 0 Å². The van der Waals surface area contributed by atoms with Gasteiger partial charge in [0.05, 0.1) is 0 Å². The molecule has 3 aromatic rings. The average molecular weight is 359 g/mol. The minimum atomic E-state index is -0.798. The molecule has 0 radical (unpaired) electrons. The van der Waals surface area contributed by atoms with Crippen LogP contribution in [0, 0.1) is 11.6 Å². The van der Waals surface area contributed by atoms with Gasteiger partial charge in [-0.15, -0.1) is 5.10 Å². The van der Waals surface area contributed by atoms with Crippen LogP contribution in [-0.2, 0) is 11.3 Å². The molecule has 0 atom stereocenters. The predicted molar refractivity (Wildman–Crippen MR) is 90.6 cm³/mol. The minimum Gasteiger partial charge on any atom is -0.388 e. The summed E-state index contributed by atoms with van der Waals surface area (Å²) in [5.74, 6) is -2.04. The molecule has 0 aliphatic heterocycles. The van der Waals surface area contributed by atoms with Gasteiger partial charge >= 0.3 is 5.76 Å². The van der Waals surface area contributed by atoms with Crippen LogP contribution >= 0.6 is 0 Å². The van der Waals surface area contributed by atoms with Crippen molar-refractivity contribution in [2.75, 3.05) is 11.4 Å². The summed E-state index contributed by atoms with van der Waals surface area (Å²) < 4.78 is 32.0. The van der Waals surface area contributed by atoms with Crippen molar-refractivity contribution in [1.82, 2.24) is 9.78 Å². The summed E-state index contributed by atoms with van der Waals surface area (Å²) >= 11 is 0. The molecule has 0 aliphatic carbocycles. The van der Waals surface area contributed by atoms with E-state index in [1.54, 1.807) is 6.92 Å². The number of anilines is 1. The third-order valence-corrected chi connectivity index (χ3v) is 3.74. The molecule has 0 fully saturated rings. The Kier molecular flexibility index (Phi) is 4.92. The molecule has 1 amide bonds. The van der Waals surface area contributed by atoms with Gasteiger partial charge in [0.2, 0.25) is 11.8 Å². The highest BCUT2D eigenvalue weighted by molar-refractivity contribution is 5.93. The van der Waals surface area contributed by atoms with Gasteiger partial charge in [0.25, 0.3) is 0 Å². The smallest absolute Gasteiger partial charge is 0.388 e. The van der Waals surface area contributed by atoms with E-state index in [1.165, 1.54) is 53.4 Å². The van der Waals surface area contributed by atoms with Gasteiger partial charge in [-0.3, -0.25) is 4.79 Å². The monoisotopic (exact) mass is 359 g/mol. The second-order valence-corrected chi connectivity index (χ2v) is 5.45. The highest BCUT2D eigenvalue weighted by atomic mass is 19.1. The number of carbonyl (C=O) groups excluding carboxylic acids is 1. The lowest BCUT2D eigenvalue weighted by Crippen LogP contribution is -2.36. The van der Waals surface area contributed by atoms with Crippen LogP contribution in [0.15, 0.2) is 57.7 Å². The number of carbonyl (C=O) groups is 1. The van der Waals surface area contributed by atoms with E-state index in [2.05, 4.69) is 5.10 Å². The largest absolute Gasteiger partial charge is 0.437 e. The predicted octanol–water partition coefficient (Wildman–Crippen LogP) is 2.83. The second kappa shape index (κ2) is 7.30. The summed E-state index contributed by atoms with van der Waals surface area (Å²) in [4.78, 5) is 25.9. The fourth-order valence-electron chi connectivity index (χ4n) is 2.45. The Hall–Kier alpha value is -3.29. The van der Waals surface area contributed by atoms with Gasteiger partial charge in [-0.1, -0.05) is 0 Å². The summed E-state index contributed by atoms with van der Waals surface area (Å²) in [6.07, 6.45) is 0. The fraction of sp³-hybridized carbons (Fsp3) is 0.167. The summed E-state index contributed by atoms with van der Waals surface area (Å²) in [6, 6.07) is 10.7. The first-order valence-electron chi connectivity index (χ1n) is 7.87. The summed E-state index contributed by atoms with van der Waals surface area (Å²) in [5.41, 5.74) is 0.926. The first-order valence-corrected chi connectivity index (χ1v) is 7.87. The zero-order chi connectivity index (χ0) is 18.7. The lowest BCUT2D eigenvalue weighted by atomic mass is 10.2. The van der Waals surface area contributed by atoms with E-state index in [0.29, 0.717) is 17.8 Å². The minimum absolute atomic E-state index is 0.00682. The number of amides is 1. The zero-order valence-corrected chi connectivity index (χ0v) is 13.9. The third-order valence-electron chi connectivity index (χ3n) is 3.74. The Morgan fingerprint density at radius 3 is 2.23 bits per heavy atom. The number of rotatable bonds is 5. The maximum Gasteiger partial charge on any atom is 0.437 e. The van der Waals surface area contributed by atoms with Gasteiger partial charge in [-0.05, 0) is 55.5 Å². The number of nitrogens with zero attached hydrogens (tertiary/aromatic N) is 3. The van der Waals surface area contributed by atoms with Crippen molar-refractivity contribution in [3.05, 3.63) is 70.7 Å². The highest BCUT2D eigenvalue weighted by Crippen LogP contribution is 2.17. The first-order chi connectivity index (χ1) is 12.5. The Morgan fingerprint density at radius 1 is 1.08 bits per heavy atom. The third kappa shape index (κ3) is 3.69. The molecule has 3 rings (SSSR count). The molecule has 8 heteroatoms. The Balaban J connectivity index is 1.81. The van der Waals surface area contributed by atoms with E-state index in [4.69, 9.17) is 4.42 Å². The average Bonchev–Trinajstić information content (AvgIpc) is 2.98. The Morgan fingerprint density at radius 2 is 1.65 bits per heavy atom. The van der Waals surface area contributed by atoms with Gasteiger partial charge < -0.3 is 9.32 Å². The molecule has 2 aromatic carbocycles. The number of likely N-dealkylation sites (N-methyl/N-ethyl adjacent to an activating group) is 1. The van der Waals surface area contributed by atoms with E-state index in [9.17, 15) is 18.4 Å². The van der Waals surface area contributed by atoms with Crippen LogP contribution in [-0.4, -0.2) is 22.2 Å². The van der Waals surface area contributed by atoms with E-state index >= 15 is 0 Å². The maximum absolute atomic E-state index is 13.0. The zero-order valence-electron chi connectivity index (χ0n) is 13.9. The van der Waals surface area contributed by atoms with Crippen LogP contribution in [0.3, 0.4) is 0 Å². The van der Waals surface area contributed by atoms with Crippen molar-refractivity contribution in [3.63, 3.8) is 0 Å². The van der Waals surface area contributed by atoms with Crippen molar-refractivity contribution < 1.29 is 18.0 Å². The molecular weight excluding hydrogens is 344 g/mol. The summed E-state index contributed by atoms with van der Waals surface area (Å²) in [6.45, 7) is 1.76. The lowest BCUT2D eigenvalue weighted by Gasteiger charge is -2.20. The van der Waals surface area contributed by atoms with Gasteiger partial charge in [-0.25, -0.2) is 13.6 Å². The topological polar surface area (TPSA) is 68.3 Å². The molecule has 0 saturated carbocycles. The molecule has 0 N–H and O–H groups in total. The van der Waals surface area contributed by atoms with Crippen molar-refractivity contribution in [2.24, 2.45) is 0 Å². The number of hydrogen-bond donors (Lipinski definition) is 0. The molecule has 0 aliphatic rings.